The minimum absolute atomic E-state index is 0.623. The lowest BCUT2D eigenvalue weighted by Crippen LogP contribution is -1.93. The van der Waals surface area contributed by atoms with E-state index in [9.17, 15) is 0 Å². The van der Waals surface area contributed by atoms with Crippen molar-refractivity contribution in [3.63, 3.8) is 0 Å². The third kappa shape index (κ3) is 2.38. The summed E-state index contributed by atoms with van der Waals surface area (Å²) >= 11 is 0. The van der Waals surface area contributed by atoms with Crippen LogP contribution in [0.25, 0.3) is 0 Å². The van der Waals surface area contributed by atoms with Crippen LogP contribution in [0.2, 0.25) is 0 Å². The van der Waals surface area contributed by atoms with Crippen LogP contribution in [0.3, 0.4) is 0 Å². The minimum atomic E-state index is 0.623. The van der Waals surface area contributed by atoms with Gasteiger partial charge in [-0.1, -0.05) is 39.0 Å². The van der Waals surface area contributed by atoms with Gasteiger partial charge < -0.3 is 0 Å². The number of allylic oxidation sites excluding steroid dienone is 3. The van der Waals surface area contributed by atoms with Gasteiger partial charge in [0.1, 0.15) is 0 Å². The van der Waals surface area contributed by atoms with Gasteiger partial charge in [0, 0.05) is 0 Å². The largest absolute Gasteiger partial charge is 0.0988 e. The lowest BCUT2D eigenvalue weighted by molar-refractivity contribution is 0.771. The van der Waals surface area contributed by atoms with Crippen LogP contribution in [0.5, 0.6) is 0 Å². The van der Waals surface area contributed by atoms with E-state index in [4.69, 9.17) is 0 Å². The van der Waals surface area contributed by atoms with E-state index in [0.717, 1.165) is 6.42 Å². The summed E-state index contributed by atoms with van der Waals surface area (Å²) in [5.41, 5.74) is 2.87. The molecule has 0 aliphatic heterocycles. The maximum Gasteiger partial charge on any atom is -0.0220 e. The molecule has 0 bridgehead atoms. The van der Waals surface area contributed by atoms with Gasteiger partial charge >= 0.3 is 0 Å². The number of hydrogen-bond donors (Lipinski definition) is 0. The average molecular weight is 138 g/mol. The molecule has 0 saturated heterocycles. The molecule has 0 aliphatic carbocycles. The molecular weight excluding hydrogens is 120 g/mol. The highest BCUT2D eigenvalue weighted by atomic mass is 14.1. The van der Waals surface area contributed by atoms with E-state index in [0.29, 0.717) is 5.92 Å². The van der Waals surface area contributed by atoms with Crippen molar-refractivity contribution < 1.29 is 0 Å². The maximum atomic E-state index is 3.79. The Morgan fingerprint density at radius 1 is 1.50 bits per heavy atom. The molecule has 0 atom stereocenters. The molecule has 0 radical (unpaired) electrons. The fourth-order valence-corrected chi connectivity index (χ4v) is 1.11. The Kier molecular flexibility index (Phi) is 4.10. The molecule has 0 rings (SSSR count). The zero-order valence-electron chi connectivity index (χ0n) is 7.57. The maximum absolute atomic E-state index is 3.79. The molecule has 0 amide bonds. The summed E-state index contributed by atoms with van der Waals surface area (Å²) in [6, 6.07) is 0. The summed E-state index contributed by atoms with van der Waals surface area (Å²) in [5.74, 6) is 0.623. The first-order valence-electron chi connectivity index (χ1n) is 3.95. The van der Waals surface area contributed by atoms with Crippen molar-refractivity contribution in [2.45, 2.75) is 34.1 Å². The number of hydrogen-bond acceptors (Lipinski definition) is 0. The Morgan fingerprint density at radius 2 is 2.00 bits per heavy atom. The van der Waals surface area contributed by atoms with Gasteiger partial charge in [0.15, 0.2) is 0 Å². The molecule has 0 saturated carbocycles. The van der Waals surface area contributed by atoms with Crippen LogP contribution in [-0.2, 0) is 0 Å². The highest BCUT2D eigenvalue weighted by molar-refractivity contribution is 5.24. The Bertz CT molecular complexity index is 138. The lowest BCUT2D eigenvalue weighted by Gasteiger charge is -2.09. The highest BCUT2D eigenvalue weighted by Gasteiger charge is 2.00. The van der Waals surface area contributed by atoms with E-state index >= 15 is 0 Å². The average Bonchev–Trinajstić information content (AvgIpc) is 1.88. The lowest BCUT2D eigenvalue weighted by atomic mass is 9.97. The Labute approximate surface area is 64.6 Å². The van der Waals surface area contributed by atoms with E-state index < -0.39 is 0 Å². The first-order valence-corrected chi connectivity index (χ1v) is 3.95. The van der Waals surface area contributed by atoms with Crippen LogP contribution >= 0.6 is 0 Å². The molecule has 0 heteroatoms. The summed E-state index contributed by atoms with van der Waals surface area (Å²) in [7, 11) is 0. The van der Waals surface area contributed by atoms with E-state index in [1.165, 1.54) is 11.1 Å². The van der Waals surface area contributed by atoms with E-state index in [-0.39, 0.29) is 0 Å². The second kappa shape index (κ2) is 4.32. The summed E-state index contributed by atoms with van der Waals surface area (Å²) in [4.78, 5) is 0. The van der Waals surface area contributed by atoms with Gasteiger partial charge in [-0.2, -0.15) is 0 Å². The molecule has 0 unspecified atom stereocenters. The smallest absolute Gasteiger partial charge is 0.0220 e. The highest BCUT2D eigenvalue weighted by Crippen LogP contribution is 2.17. The first kappa shape index (κ1) is 9.48. The fraction of sp³-hybridized carbons (Fsp3) is 0.600. The van der Waals surface area contributed by atoms with Crippen LogP contribution in [0.1, 0.15) is 34.1 Å². The molecule has 0 aromatic carbocycles. The van der Waals surface area contributed by atoms with Crippen LogP contribution in [0, 0.1) is 5.92 Å². The predicted molar refractivity (Wildman–Crippen MR) is 48.0 cm³/mol. The third-order valence-corrected chi connectivity index (χ3v) is 1.87. The molecular formula is C10H18. The van der Waals surface area contributed by atoms with Crippen molar-refractivity contribution >= 4 is 0 Å². The second-order valence-electron chi connectivity index (χ2n) is 2.95. The van der Waals surface area contributed by atoms with E-state index in [1.54, 1.807) is 0 Å². The summed E-state index contributed by atoms with van der Waals surface area (Å²) < 4.78 is 0. The third-order valence-electron chi connectivity index (χ3n) is 1.87. The van der Waals surface area contributed by atoms with Gasteiger partial charge in [-0.15, -0.1) is 0 Å². The van der Waals surface area contributed by atoms with Crippen LogP contribution in [0.4, 0.5) is 0 Å². The SMILES string of the molecule is C=C/C(=C(/C)CC)C(C)C. The first-order chi connectivity index (χ1) is 4.63. The molecule has 0 heterocycles. The van der Waals surface area contributed by atoms with Crippen molar-refractivity contribution in [1.29, 1.82) is 0 Å². The van der Waals surface area contributed by atoms with Crippen LogP contribution in [-0.4, -0.2) is 0 Å². The summed E-state index contributed by atoms with van der Waals surface area (Å²) in [5, 5.41) is 0. The van der Waals surface area contributed by atoms with Gasteiger partial charge in [0.25, 0.3) is 0 Å². The molecule has 58 valence electrons. The topological polar surface area (TPSA) is 0 Å². The van der Waals surface area contributed by atoms with Gasteiger partial charge in [-0.3, -0.25) is 0 Å². The number of rotatable bonds is 3. The van der Waals surface area contributed by atoms with E-state index in [2.05, 4.69) is 34.3 Å². The molecule has 0 spiro atoms. The quantitative estimate of drug-likeness (QED) is 0.523. The molecule has 10 heavy (non-hydrogen) atoms. The normalized spacial score (nSPS) is 13.3. The molecule has 0 aliphatic rings. The summed E-state index contributed by atoms with van der Waals surface area (Å²) in [6.07, 6.45) is 3.11. The monoisotopic (exact) mass is 138 g/mol. The van der Waals surface area contributed by atoms with Gasteiger partial charge in [0.05, 0.1) is 0 Å². The van der Waals surface area contributed by atoms with Crippen molar-refractivity contribution in [1.82, 2.24) is 0 Å². The molecule has 0 fully saturated rings. The molecule has 0 aromatic rings. The van der Waals surface area contributed by atoms with Gasteiger partial charge in [-0.25, -0.2) is 0 Å². The summed E-state index contributed by atoms with van der Waals surface area (Å²) in [6.45, 7) is 12.6. The zero-order chi connectivity index (χ0) is 8.15. The van der Waals surface area contributed by atoms with E-state index in [1.807, 2.05) is 6.08 Å². The van der Waals surface area contributed by atoms with Crippen molar-refractivity contribution in [3.05, 3.63) is 23.8 Å². The Morgan fingerprint density at radius 3 is 2.10 bits per heavy atom. The standard InChI is InChI=1S/C10H18/c1-6-9(5)10(7-2)8(3)4/h7-8H,2,6H2,1,3-5H3/b10-9+. The van der Waals surface area contributed by atoms with Crippen LogP contribution < -0.4 is 0 Å². The van der Waals surface area contributed by atoms with Crippen LogP contribution in [0.15, 0.2) is 23.8 Å². The molecule has 0 N–H and O–H groups in total. The molecule has 0 aromatic heterocycles. The fourth-order valence-electron chi connectivity index (χ4n) is 1.11. The zero-order valence-corrected chi connectivity index (χ0v) is 7.57. The predicted octanol–water partition coefficient (Wildman–Crippen LogP) is 3.55. The van der Waals surface area contributed by atoms with Gasteiger partial charge in [0.2, 0.25) is 0 Å². The van der Waals surface area contributed by atoms with Crippen molar-refractivity contribution in [2.75, 3.05) is 0 Å². The van der Waals surface area contributed by atoms with Crippen molar-refractivity contribution in [2.24, 2.45) is 5.92 Å². The minimum Gasteiger partial charge on any atom is -0.0988 e. The van der Waals surface area contributed by atoms with Crippen molar-refractivity contribution in [3.8, 4) is 0 Å². The van der Waals surface area contributed by atoms with Gasteiger partial charge in [-0.05, 0) is 24.8 Å². The Hall–Kier alpha value is -0.520. The second-order valence-corrected chi connectivity index (χ2v) is 2.95. The Balaban J connectivity index is 4.45. The molecule has 0 nitrogen and oxygen atoms in total.